The number of carbonyl (C=O) groups excluding carboxylic acids is 1. The van der Waals surface area contributed by atoms with Crippen molar-refractivity contribution in [2.24, 2.45) is 0 Å². The third kappa shape index (κ3) is 5.29. The second-order valence-corrected chi connectivity index (χ2v) is 8.18. The second-order valence-electron chi connectivity index (χ2n) is 5.62. The molecule has 8 heteroatoms. The first-order valence-corrected chi connectivity index (χ1v) is 9.93. The van der Waals surface area contributed by atoms with Crippen LogP contribution in [0.5, 0.6) is 0 Å². The summed E-state index contributed by atoms with van der Waals surface area (Å²) in [5.41, 5.74) is 2.11. The molecule has 136 valence electrons. The van der Waals surface area contributed by atoms with E-state index in [0.717, 1.165) is 5.56 Å². The maximum atomic E-state index is 12.4. The van der Waals surface area contributed by atoms with Crippen LogP contribution in [-0.2, 0) is 11.3 Å². The Morgan fingerprint density at radius 2 is 1.93 bits per heavy atom. The van der Waals surface area contributed by atoms with Gasteiger partial charge >= 0.3 is 0 Å². The average Bonchev–Trinajstić information content (AvgIpc) is 3.15. The fraction of sp³-hybridized carbons (Fsp3) is 0.158. The molecule has 2 aromatic carbocycles. The minimum absolute atomic E-state index is 0.184. The Bertz CT molecular complexity index is 952. The molecule has 0 aliphatic carbocycles. The quantitative estimate of drug-likeness (QED) is 0.584. The molecule has 3 aromatic rings. The predicted molar refractivity (Wildman–Crippen MR) is 109 cm³/mol. The van der Waals surface area contributed by atoms with E-state index in [0.29, 0.717) is 27.3 Å². The van der Waals surface area contributed by atoms with Crippen LogP contribution in [0.4, 0.5) is 10.8 Å². The first-order valence-electron chi connectivity index (χ1n) is 8.23. The molecule has 1 aromatic heterocycles. The molecule has 1 amide bonds. The van der Waals surface area contributed by atoms with Crippen LogP contribution in [-0.4, -0.2) is 21.4 Å². The van der Waals surface area contributed by atoms with Gasteiger partial charge in [-0.05, 0) is 24.6 Å². The van der Waals surface area contributed by atoms with E-state index in [2.05, 4.69) is 26.9 Å². The van der Waals surface area contributed by atoms with Crippen LogP contribution in [0.2, 0.25) is 0 Å². The topological polar surface area (TPSA) is 90.7 Å². The highest BCUT2D eigenvalue weighted by Gasteiger charge is 2.18. The number of nitriles is 1. The molecule has 3 rings (SSSR count). The maximum absolute atomic E-state index is 12.4. The van der Waals surface area contributed by atoms with E-state index in [4.69, 9.17) is 5.26 Å². The van der Waals surface area contributed by atoms with Crippen LogP contribution in [0.25, 0.3) is 0 Å². The third-order valence-electron chi connectivity index (χ3n) is 3.65. The minimum Gasteiger partial charge on any atom is -0.356 e. The number of hydrogen-bond donors (Lipinski definition) is 2. The molecule has 1 heterocycles. The van der Waals surface area contributed by atoms with Crippen LogP contribution < -0.4 is 10.6 Å². The SMILES string of the molecule is C[C@H](Sc1nnc(NCc2ccccc2)s1)C(=O)Nc1ccccc1C#N. The molecule has 0 aliphatic rings. The number of para-hydroxylation sites is 1. The number of nitrogens with zero attached hydrogens (tertiary/aromatic N) is 3. The number of carbonyl (C=O) groups is 1. The first kappa shape index (κ1) is 18.9. The van der Waals surface area contributed by atoms with Gasteiger partial charge in [-0.2, -0.15) is 5.26 Å². The zero-order valence-corrected chi connectivity index (χ0v) is 16.2. The fourth-order valence-corrected chi connectivity index (χ4v) is 4.12. The lowest BCUT2D eigenvalue weighted by Gasteiger charge is -2.11. The van der Waals surface area contributed by atoms with Crippen LogP contribution in [0.1, 0.15) is 18.1 Å². The lowest BCUT2D eigenvalue weighted by Crippen LogP contribution is -2.22. The van der Waals surface area contributed by atoms with E-state index in [9.17, 15) is 4.79 Å². The summed E-state index contributed by atoms with van der Waals surface area (Å²) in [6.07, 6.45) is 0. The van der Waals surface area contributed by atoms with Gasteiger partial charge in [-0.1, -0.05) is 65.6 Å². The standard InChI is InChI=1S/C19H17N5OS2/c1-13(17(25)22-16-10-6-5-9-15(16)11-20)26-19-24-23-18(27-19)21-12-14-7-3-2-4-8-14/h2-10,13H,12H2,1H3,(H,21,23)(H,22,25)/t13-/m0/s1. The normalized spacial score (nSPS) is 11.4. The van der Waals surface area contributed by atoms with Gasteiger partial charge in [0.25, 0.3) is 0 Å². The summed E-state index contributed by atoms with van der Waals surface area (Å²) in [4.78, 5) is 12.4. The van der Waals surface area contributed by atoms with Crippen molar-refractivity contribution in [1.29, 1.82) is 5.26 Å². The van der Waals surface area contributed by atoms with E-state index in [1.807, 2.05) is 30.3 Å². The second kappa shape index (κ2) is 9.16. The molecule has 2 N–H and O–H groups in total. The van der Waals surface area contributed by atoms with Crippen molar-refractivity contribution in [2.75, 3.05) is 10.6 Å². The van der Waals surface area contributed by atoms with Crippen molar-refractivity contribution in [2.45, 2.75) is 23.1 Å². The molecule has 0 radical (unpaired) electrons. The van der Waals surface area contributed by atoms with E-state index >= 15 is 0 Å². The van der Waals surface area contributed by atoms with Gasteiger partial charge in [0.2, 0.25) is 11.0 Å². The third-order valence-corrected chi connectivity index (χ3v) is 5.71. The fourth-order valence-electron chi connectivity index (χ4n) is 2.23. The lowest BCUT2D eigenvalue weighted by atomic mass is 10.2. The number of amides is 1. The number of nitrogens with one attached hydrogen (secondary N) is 2. The van der Waals surface area contributed by atoms with Crippen molar-refractivity contribution in [3.63, 3.8) is 0 Å². The largest absolute Gasteiger partial charge is 0.356 e. The molecule has 6 nitrogen and oxygen atoms in total. The molecule has 0 unspecified atom stereocenters. The lowest BCUT2D eigenvalue weighted by molar-refractivity contribution is -0.115. The summed E-state index contributed by atoms with van der Waals surface area (Å²) in [5.74, 6) is -0.184. The van der Waals surface area contributed by atoms with E-state index in [-0.39, 0.29) is 11.2 Å². The minimum atomic E-state index is -0.369. The van der Waals surface area contributed by atoms with Gasteiger partial charge in [-0.25, -0.2) is 0 Å². The molecular weight excluding hydrogens is 378 g/mol. The Kier molecular flexibility index (Phi) is 6.41. The van der Waals surface area contributed by atoms with E-state index in [1.54, 1.807) is 31.2 Å². The Balaban J connectivity index is 1.55. The summed E-state index contributed by atoms with van der Waals surface area (Å²) in [6, 6.07) is 19.0. The molecule has 0 aliphatic heterocycles. The number of hydrogen-bond acceptors (Lipinski definition) is 7. The molecule has 1 atom stereocenters. The zero-order chi connectivity index (χ0) is 19.1. The molecular formula is C19H17N5OS2. The number of rotatable bonds is 7. The Morgan fingerprint density at radius 1 is 1.19 bits per heavy atom. The van der Waals surface area contributed by atoms with Gasteiger partial charge in [0, 0.05) is 6.54 Å². The van der Waals surface area contributed by atoms with E-state index in [1.165, 1.54) is 23.1 Å². The van der Waals surface area contributed by atoms with Crippen molar-refractivity contribution in [3.05, 3.63) is 65.7 Å². The first-order chi connectivity index (χ1) is 13.2. The van der Waals surface area contributed by atoms with Crippen molar-refractivity contribution in [1.82, 2.24) is 10.2 Å². The molecule has 0 bridgehead atoms. The van der Waals surface area contributed by atoms with Crippen LogP contribution in [0, 0.1) is 11.3 Å². The van der Waals surface area contributed by atoms with Crippen molar-refractivity contribution >= 4 is 39.8 Å². The van der Waals surface area contributed by atoms with Crippen LogP contribution in [0.15, 0.2) is 58.9 Å². The van der Waals surface area contributed by atoms with Crippen LogP contribution in [0.3, 0.4) is 0 Å². The van der Waals surface area contributed by atoms with Gasteiger partial charge in [-0.3, -0.25) is 4.79 Å². The Hall–Kier alpha value is -2.89. The number of benzene rings is 2. The molecule has 0 saturated carbocycles. The average molecular weight is 396 g/mol. The molecule has 0 saturated heterocycles. The summed E-state index contributed by atoms with van der Waals surface area (Å²) < 4.78 is 0.710. The zero-order valence-electron chi connectivity index (χ0n) is 14.5. The number of aromatic nitrogens is 2. The Labute approximate surface area is 165 Å². The number of thioether (sulfide) groups is 1. The monoisotopic (exact) mass is 395 g/mol. The smallest absolute Gasteiger partial charge is 0.237 e. The maximum Gasteiger partial charge on any atom is 0.237 e. The summed E-state index contributed by atoms with van der Waals surface area (Å²) in [5, 5.41) is 23.7. The van der Waals surface area contributed by atoms with E-state index < -0.39 is 0 Å². The van der Waals surface area contributed by atoms with Gasteiger partial charge in [0.05, 0.1) is 16.5 Å². The number of anilines is 2. The van der Waals surface area contributed by atoms with Crippen molar-refractivity contribution in [3.8, 4) is 6.07 Å². The van der Waals surface area contributed by atoms with Crippen molar-refractivity contribution < 1.29 is 4.79 Å². The molecule has 0 fully saturated rings. The van der Waals surface area contributed by atoms with Gasteiger partial charge < -0.3 is 10.6 Å². The highest BCUT2D eigenvalue weighted by Crippen LogP contribution is 2.29. The van der Waals surface area contributed by atoms with Gasteiger partial charge in [0.1, 0.15) is 6.07 Å². The highest BCUT2D eigenvalue weighted by molar-refractivity contribution is 8.02. The molecule has 0 spiro atoms. The van der Waals surface area contributed by atoms with Gasteiger partial charge in [0.15, 0.2) is 4.34 Å². The highest BCUT2D eigenvalue weighted by atomic mass is 32.2. The summed E-state index contributed by atoms with van der Waals surface area (Å²) in [7, 11) is 0. The predicted octanol–water partition coefficient (Wildman–Crippen LogP) is 4.14. The van der Waals surface area contributed by atoms with Crippen LogP contribution >= 0.6 is 23.1 Å². The van der Waals surface area contributed by atoms with Gasteiger partial charge in [-0.15, -0.1) is 10.2 Å². The Morgan fingerprint density at radius 3 is 2.70 bits per heavy atom. The molecule has 27 heavy (non-hydrogen) atoms. The summed E-state index contributed by atoms with van der Waals surface area (Å²) >= 11 is 2.75. The summed E-state index contributed by atoms with van der Waals surface area (Å²) in [6.45, 7) is 2.47.